The van der Waals surface area contributed by atoms with Crippen molar-refractivity contribution in [2.75, 3.05) is 5.32 Å². The maximum absolute atomic E-state index is 12.0. The molecule has 0 spiro atoms. The van der Waals surface area contributed by atoms with E-state index >= 15 is 0 Å². The quantitative estimate of drug-likeness (QED) is 0.843. The molecule has 106 valence electrons. The van der Waals surface area contributed by atoms with Gasteiger partial charge in [-0.1, -0.05) is 25.4 Å². The van der Waals surface area contributed by atoms with Crippen LogP contribution in [0.5, 0.6) is 5.75 Å². The predicted molar refractivity (Wildman–Crippen MR) is 68.0 cm³/mol. The zero-order valence-electron chi connectivity index (χ0n) is 10.4. The van der Waals surface area contributed by atoms with Gasteiger partial charge in [0.25, 0.3) is 0 Å². The van der Waals surface area contributed by atoms with Gasteiger partial charge in [0.2, 0.25) is 0 Å². The van der Waals surface area contributed by atoms with Gasteiger partial charge in [-0.3, -0.25) is 0 Å². The second-order valence-corrected chi connectivity index (χ2v) is 4.63. The number of nitrogens with one attached hydrogen (secondary N) is 1. The lowest BCUT2D eigenvalue weighted by molar-refractivity contribution is -0.138. The molecular weight excluding hydrogens is 280 g/mol. The van der Waals surface area contributed by atoms with E-state index in [0.717, 1.165) is 0 Å². The van der Waals surface area contributed by atoms with Gasteiger partial charge in [-0.15, -0.1) is 0 Å². The summed E-state index contributed by atoms with van der Waals surface area (Å²) in [4.78, 5) is 11.0. The molecule has 1 rings (SSSR count). The van der Waals surface area contributed by atoms with Crippen molar-refractivity contribution >= 4 is 23.3 Å². The summed E-state index contributed by atoms with van der Waals surface area (Å²) in [6, 6.07) is 3.08. The fourth-order valence-electron chi connectivity index (χ4n) is 1.47. The van der Waals surface area contributed by atoms with Gasteiger partial charge in [-0.2, -0.15) is 8.78 Å². The maximum atomic E-state index is 12.0. The first kappa shape index (κ1) is 15.5. The fraction of sp³-hybridized carbons (Fsp3) is 0.417. The normalized spacial score (nSPS) is 12.6. The topological polar surface area (TPSA) is 58.6 Å². The zero-order chi connectivity index (χ0) is 14.6. The highest BCUT2D eigenvalue weighted by molar-refractivity contribution is 6.33. The van der Waals surface area contributed by atoms with Gasteiger partial charge in [0, 0.05) is 6.07 Å². The Morgan fingerprint density at radius 3 is 2.47 bits per heavy atom. The average Bonchev–Trinajstić information content (AvgIpc) is 2.25. The highest BCUT2D eigenvalue weighted by atomic mass is 35.5. The Kier molecular flexibility index (Phi) is 5.35. The summed E-state index contributed by atoms with van der Waals surface area (Å²) in [6.07, 6.45) is 0. The first-order valence-corrected chi connectivity index (χ1v) is 5.92. The molecule has 7 heteroatoms. The first-order chi connectivity index (χ1) is 8.81. The number of alkyl halides is 2. The molecular formula is C12H14ClF2NO3. The maximum Gasteiger partial charge on any atom is 0.387 e. The Bertz CT molecular complexity index is 455. The highest BCUT2D eigenvalue weighted by Gasteiger charge is 2.22. The lowest BCUT2D eigenvalue weighted by Crippen LogP contribution is -2.34. The summed E-state index contributed by atoms with van der Waals surface area (Å²) < 4.78 is 28.2. The van der Waals surface area contributed by atoms with Crippen LogP contribution in [-0.2, 0) is 4.79 Å². The zero-order valence-corrected chi connectivity index (χ0v) is 11.1. The number of carboxylic acids is 1. The highest BCUT2D eigenvalue weighted by Crippen LogP contribution is 2.28. The van der Waals surface area contributed by atoms with Crippen LogP contribution in [0.15, 0.2) is 18.2 Å². The molecule has 4 nitrogen and oxygen atoms in total. The Hall–Kier alpha value is -1.56. The molecule has 0 bridgehead atoms. The molecule has 0 saturated carbocycles. The second-order valence-electron chi connectivity index (χ2n) is 4.22. The standard InChI is InChI=1S/C12H14ClF2NO3/c1-6(2)10(11(17)18)16-9-4-3-7(5-8(9)13)19-12(14)15/h3-6,10,12,16H,1-2H3,(H,17,18)/t10-/m0/s1. The van der Waals surface area contributed by atoms with E-state index in [4.69, 9.17) is 16.7 Å². The first-order valence-electron chi connectivity index (χ1n) is 5.55. The number of carbonyl (C=O) groups is 1. The summed E-state index contributed by atoms with van der Waals surface area (Å²) in [5.74, 6) is -1.26. The predicted octanol–water partition coefficient (Wildman–Crippen LogP) is 3.46. The van der Waals surface area contributed by atoms with E-state index in [2.05, 4.69) is 10.1 Å². The Balaban J connectivity index is 2.87. The van der Waals surface area contributed by atoms with Crippen LogP contribution in [0.3, 0.4) is 0 Å². The summed E-state index contributed by atoms with van der Waals surface area (Å²) in [5.41, 5.74) is 0.351. The van der Waals surface area contributed by atoms with Crippen LogP contribution in [0.1, 0.15) is 13.8 Å². The third kappa shape index (κ3) is 4.55. The number of anilines is 1. The molecule has 1 aromatic rings. The van der Waals surface area contributed by atoms with Crippen molar-refractivity contribution in [2.45, 2.75) is 26.5 Å². The van der Waals surface area contributed by atoms with E-state index in [1.54, 1.807) is 13.8 Å². The third-order valence-electron chi connectivity index (χ3n) is 2.41. The van der Waals surface area contributed by atoms with E-state index in [1.165, 1.54) is 18.2 Å². The van der Waals surface area contributed by atoms with Crippen molar-refractivity contribution in [3.05, 3.63) is 23.2 Å². The van der Waals surface area contributed by atoms with Gasteiger partial charge in [-0.05, 0) is 18.1 Å². The summed E-state index contributed by atoms with van der Waals surface area (Å²) in [6.45, 7) is 0.555. The Labute approximate surface area is 114 Å². The van der Waals surface area contributed by atoms with E-state index in [1.807, 2.05) is 0 Å². The van der Waals surface area contributed by atoms with Crippen molar-refractivity contribution in [3.8, 4) is 5.75 Å². The average molecular weight is 294 g/mol. The van der Waals surface area contributed by atoms with Crippen molar-refractivity contribution in [2.24, 2.45) is 5.92 Å². The molecule has 1 aromatic carbocycles. The summed E-state index contributed by atoms with van der Waals surface area (Å²) in [7, 11) is 0. The molecule has 0 radical (unpaired) electrons. The van der Waals surface area contributed by atoms with Crippen molar-refractivity contribution < 1.29 is 23.4 Å². The Morgan fingerprint density at radius 1 is 1.42 bits per heavy atom. The minimum absolute atomic E-state index is 0.0815. The number of rotatable bonds is 6. The molecule has 0 aliphatic rings. The number of hydrogen-bond donors (Lipinski definition) is 2. The lowest BCUT2D eigenvalue weighted by Gasteiger charge is -2.20. The number of ether oxygens (including phenoxy) is 1. The molecule has 1 atom stereocenters. The van der Waals surface area contributed by atoms with Crippen molar-refractivity contribution in [1.82, 2.24) is 0 Å². The molecule has 0 amide bonds. The largest absolute Gasteiger partial charge is 0.480 e. The number of halogens is 3. The van der Waals surface area contributed by atoms with E-state index in [9.17, 15) is 13.6 Å². The van der Waals surface area contributed by atoms with Gasteiger partial charge < -0.3 is 15.2 Å². The lowest BCUT2D eigenvalue weighted by atomic mass is 10.0. The van der Waals surface area contributed by atoms with Crippen LogP contribution in [0.4, 0.5) is 14.5 Å². The van der Waals surface area contributed by atoms with Gasteiger partial charge in [0.05, 0.1) is 10.7 Å². The number of hydrogen-bond acceptors (Lipinski definition) is 3. The Morgan fingerprint density at radius 2 is 2.05 bits per heavy atom. The fourth-order valence-corrected chi connectivity index (χ4v) is 1.70. The van der Waals surface area contributed by atoms with Gasteiger partial charge in [0.15, 0.2) is 0 Å². The van der Waals surface area contributed by atoms with E-state index < -0.39 is 18.6 Å². The minimum Gasteiger partial charge on any atom is -0.480 e. The second kappa shape index (κ2) is 6.56. The van der Waals surface area contributed by atoms with E-state index in [-0.39, 0.29) is 16.7 Å². The van der Waals surface area contributed by atoms with Crippen LogP contribution in [0.2, 0.25) is 5.02 Å². The molecule has 0 aromatic heterocycles. The summed E-state index contributed by atoms with van der Waals surface area (Å²) >= 11 is 5.89. The van der Waals surface area contributed by atoms with Crippen LogP contribution in [0, 0.1) is 5.92 Å². The number of benzene rings is 1. The van der Waals surface area contributed by atoms with E-state index in [0.29, 0.717) is 5.69 Å². The molecule has 0 aliphatic carbocycles. The molecule has 0 unspecified atom stereocenters. The van der Waals surface area contributed by atoms with Crippen LogP contribution in [0.25, 0.3) is 0 Å². The molecule has 0 aliphatic heterocycles. The van der Waals surface area contributed by atoms with Crippen LogP contribution < -0.4 is 10.1 Å². The van der Waals surface area contributed by atoms with Gasteiger partial charge >= 0.3 is 12.6 Å². The van der Waals surface area contributed by atoms with Crippen molar-refractivity contribution in [3.63, 3.8) is 0 Å². The van der Waals surface area contributed by atoms with Crippen LogP contribution >= 0.6 is 11.6 Å². The molecule has 2 N–H and O–H groups in total. The molecule has 0 heterocycles. The third-order valence-corrected chi connectivity index (χ3v) is 2.72. The monoisotopic (exact) mass is 293 g/mol. The molecule has 19 heavy (non-hydrogen) atoms. The minimum atomic E-state index is -2.93. The number of aliphatic carboxylic acids is 1. The van der Waals surface area contributed by atoms with Gasteiger partial charge in [0.1, 0.15) is 11.8 Å². The smallest absolute Gasteiger partial charge is 0.387 e. The number of carboxylic acid groups (broad SMARTS) is 1. The van der Waals surface area contributed by atoms with Crippen LogP contribution in [-0.4, -0.2) is 23.7 Å². The van der Waals surface area contributed by atoms with Gasteiger partial charge in [-0.25, -0.2) is 4.79 Å². The SMILES string of the molecule is CC(C)[C@H](Nc1ccc(OC(F)F)cc1Cl)C(=O)O. The molecule has 0 fully saturated rings. The molecule has 0 saturated heterocycles. The van der Waals surface area contributed by atoms with Crippen molar-refractivity contribution in [1.29, 1.82) is 0 Å². The summed E-state index contributed by atoms with van der Waals surface area (Å²) in [5, 5.41) is 11.9.